The summed E-state index contributed by atoms with van der Waals surface area (Å²) in [5, 5.41) is 12.9. The van der Waals surface area contributed by atoms with E-state index in [1.165, 1.54) is 0 Å². The third-order valence-corrected chi connectivity index (χ3v) is 7.46. The third kappa shape index (κ3) is 2.59. The van der Waals surface area contributed by atoms with Gasteiger partial charge in [0.2, 0.25) is 0 Å². The third-order valence-electron chi connectivity index (χ3n) is 7.46. The van der Waals surface area contributed by atoms with E-state index >= 15 is 0 Å². The Labute approximate surface area is 153 Å². The summed E-state index contributed by atoms with van der Waals surface area (Å²) in [6.07, 6.45) is 6.74. The molecular formula is C19H29NO6. The molecule has 0 aromatic heterocycles. The lowest BCUT2D eigenvalue weighted by Gasteiger charge is -2.58. The summed E-state index contributed by atoms with van der Waals surface area (Å²) in [5.41, 5.74) is -0.949. The zero-order valence-electron chi connectivity index (χ0n) is 15.3. The Kier molecular flexibility index (Phi) is 4.02. The van der Waals surface area contributed by atoms with Crippen LogP contribution in [0, 0.1) is 0 Å². The minimum absolute atomic E-state index is 0.267. The van der Waals surface area contributed by atoms with E-state index in [1.54, 1.807) is 5.06 Å². The van der Waals surface area contributed by atoms with E-state index in [4.69, 9.17) is 18.9 Å². The monoisotopic (exact) mass is 367 g/mol. The van der Waals surface area contributed by atoms with Crippen LogP contribution in [0.1, 0.15) is 64.2 Å². The van der Waals surface area contributed by atoms with Gasteiger partial charge in [0.25, 0.3) is 0 Å². The number of hydroxylamine groups is 2. The lowest BCUT2D eigenvalue weighted by atomic mass is 9.65. The van der Waals surface area contributed by atoms with Crippen molar-refractivity contribution in [3.05, 3.63) is 0 Å². The zero-order valence-corrected chi connectivity index (χ0v) is 15.3. The molecule has 5 rings (SSSR count). The van der Waals surface area contributed by atoms with Crippen LogP contribution in [0.15, 0.2) is 0 Å². The standard InChI is InChI=1S/C19H29NO6/c21-15-13-16(1-5-18(6-2-16)23-9-10-24-18)20(22)17(14-15)3-7-19(8-4-17)25-11-12-26-19/h22H,1-14H2. The number of carbonyl (C=O) groups excluding carboxylic acids is 1. The van der Waals surface area contributed by atoms with Crippen molar-refractivity contribution in [1.29, 1.82) is 0 Å². The Bertz CT molecular complexity index is 513. The molecule has 7 nitrogen and oxygen atoms in total. The number of hydrogen-bond donors (Lipinski definition) is 1. The van der Waals surface area contributed by atoms with Crippen molar-refractivity contribution in [3.63, 3.8) is 0 Å². The van der Waals surface area contributed by atoms with Crippen molar-refractivity contribution >= 4 is 5.78 Å². The molecule has 5 aliphatic rings. The average molecular weight is 367 g/mol. The molecule has 0 amide bonds. The predicted molar refractivity (Wildman–Crippen MR) is 89.5 cm³/mol. The zero-order chi connectivity index (χ0) is 17.9. The van der Waals surface area contributed by atoms with Gasteiger partial charge in [-0.3, -0.25) is 4.79 Å². The number of ether oxygens (including phenoxy) is 4. The van der Waals surface area contributed by atoms with Crippen LogP contribution in [0.5, 0.6) is 0 Å². The second-order valence-corrected chi connectivity index (χ2v) is 8.87. The van der Waals surface area contributed by atoms with Gasteiger partial charge in [-0.2, -0.15) is 5.06 Å². The lowest BCUT2D eigenvalue weighted by molar-refractivity contribution is -0.302. The van der Waals surface area contributed by atoms with Crippen molar-refractivity contribution in [2.24, 2.45) is 0 Å². The molecule has 5 fully saturated rings. The highest BCUT2D eigenvalue weighted by atomic mass is 16.7. The number of rotatable bonds is 0. The van der Waals surface area contributed by atoms with Gasteiger partial charge in [-0.05, 0) is 25.7 Å². The molecule has 2 aliphatic carbocycles. The van der Waals surface area contributed by atoms with Crippen LogP contribution in [0.4, 0.5) is 0 Å². The second-order valence-electron chi connectivity index (χ2n) is 8.87. The first-order chi connectivity index (χ1) is 12.5. The van der Waals surface area contributed by atoms with E-state index in [9.17, 15) is 10.0 Å². The first-order valence-electron chi connectivity index (χ1n) is 10.1. The van der Waals surface area contributed by atoms with Gasteiger partial charge in [-0.1, -0.05) is 0 Å². The van der Waals surface area contributed by atoms with Crippen molar-refractivity contribution in [1.82, 2.24) is 5.06 Å². The fourth-order valence-corrected chi connectivity index (χ4v) is 5.99. The molecular weight excluding hydrogens is 338 g/mol. The maximum Gasteiger partial charge on any atom is 0.168 e. The Balaban J connectivity index is 1.35. The van der Waals surface area contributed by atoms with Crippen LogP contribution in [-0.2, 0) is 23.7 Å². The van der Waals surface area contributed by atoms with Gasteiger partial charge in [0.05, 0.1) is 37.5 Å². The van der Waals surface area contributed by atoms with Crippen LogP contribution in [-0.4, -0.2) is 65.1 Å². The molecule has 0 atom stereocenters. The van der Waals surface area contributed by atoms with E-state index in [2.05, 4.69) is 0 Å². The molecule has 0 radical (unpaired) electrons. The normalized spacial score (nSPS) is 38.7. The lowest BCUT2D eigenvalue weighted by Crippen LogP contribution is -2.67. The number of carbonyl (C=O) groups is 1. The number of nitrogens with zero attached hydrogens (tertiary/aromatic N) is 1. The number of hydrogen-bond acceptors (Lipinski definition) is 7. The molecule has 2 saturated carbocycles. The molecule has 3 saturated heterocycles. The van der Waals surface area contributed by atoms with E-state index < -0.39 is 22.7 Å². The van der Waals surface area contributed by atoms with Gasteiger partial charge in [0.1, 0.15) is 5.78 Å². The van der Waals surface area contributed by atoms with Gasteiger partial charge in [-0.25, -0.2) is 0 Å². The predicted octanol–water partition coefficient (Wildman–Crippen LogP) is 2.15. The van der Waals surface area contributed by atoms with Gasteiger partial charge < -0.3 is 24.2 Å². The number of Topliss-reactive ketones (excluding diaryl/α,β-unsaturated/α-hetero) is 1. The van der Waals surface area contributed by atoms with E-state index in [0.29, 0.717) is 39.3 Å². The Hall–Kier alpha value is -0.570. The second kappa shape index (κ2) is 5.96. The Morgan fingerprint density at radius 1 is 0.654 bits per heavy atom. The molecule has 7 heteroatoms. The number of piperidine rings is 1. The Morgan fingerprint density at radius 3 is 1.35 bits per heavy atom. The summed E-state index contributed by atoms with van der Waals surface area (Å²) in [7, 11) is 0. The highest BCUT2D eigenvalue weighted by molar-refractivity contribution is 5.82. The van der Waals surface area contributed by atoms with Crippen molar-refractivity contribution in [2.75, 3.05) is 26.4 Å². The highest BCUT2D eigenvalue weighted by Gasteiger charge is 2.60. The summed E-state index contributed by atoms with van der Waals surface area (Å²) in [6.45, 7) is 2.56. The molecule has 4 spiro atoms. The van der Waals surface area contributed by atoms with Crippen molar-refractivity contribution in [3.8, 4) is 0 Å². The van der Waals surface area contributed by atoms with Crippen LogP contribution in [0.25, 0.3) is 0 Å². The first-order valence-corrected chi connectivity index (χ1v) is 10.1. The summed E-state index contributed by atoms with van der Waals surface area (Å²) in [4.78, 5) is 12.7. The van der Waals surface area contributed by atoms with E-state index in [1.807, 2.05) is 0 Å². The molecule has 146 valence electrons. The molecule has 0 aromatic rings. The van der Waals surface area contributed by atoms with Crippen LogP contribution in [0.3, 0.4) is 0 Å². The quantitative estimate of drug-likeness (QED) is 0.703. The highest BCUT2D eigenvalue weighted by Crippen LogP contribution is 2.53. The van der Waals surface area contributed by atoms with E-state index in [0.717, 1.165) is 51.4 Å². The molecule has 1 N–H and O–H groups in total. The summed E-state index contributed by atoms with van der Waals surface area (Å²) >= 11 is 0. The first kappa shape index (κ1) is 17.5. The van der Waals surface area contributed by atoms with Crippen LogP contribution < -0.4 is 0 Å². The fourth-order valence-electron chi connectivity index (χ4n) is 5.99. The molecule has 26 heavy (non-hydrogen) atoms. The minimum Gasteiger partial charge on any atom is -0.348 e. The summed E-state index contributed by atoms with van der Waals surface area (Å²) in [6, 6.07) is 0. The van der Waals surface area contributed by atoms with Crippen LogP contribution in [0.2, 0.25) is 0 Å². The van der Waals surface area contributed by atoms with Gasteiger partial charge in [0, 0.05) is 38.5 Å². The summed E-state index contributed by atoms with van der Waals surface area (Å²) < 4.78 is 23.3. The molecule has 3 heterocycles. The van der Waals surface area contributed by atoms with Crippen molar-refractivity contribution < 1.29 is 28.9 Å². The molecule has 0 unspecified atom stereocenters. The molecule has 0 bridgehead atoms. The van der Waals surface area contributed by atoms with Gasteiger partial charge >= 0.3 is 0 Å². The van der Waals surface area contributed by atoms with E-state index in [-0.39, 0.29) is 5.78 Å². The molecule has 3 aliphatic heterocycles. The number of ketones is 1. The fraction of sp³-hybridized carbons (Fsp3) is 0.947. The average Bonchev–Trinajstić information content (AvgIpc) is 3.29. The SMILES string of the molecule is O=C1CC2(CCC3(CC2)OCCO3)N(O)C2(CCC3(CC2)OCCO3)C1. The smallest absolute Gasteiger partial charge is 0.168 e. The van der Waals surface area contributed by atoms with Crippen LogP contribution >= 0.6 is 0 Å². The maximum absolute atomic E-state index is 12.7. The minimum atomic E-state index is -0.484. The van der Waals surface area contributed by atoms with Gasteiger partial charge in [-0.15, -0.1) is 0 Å². The largest absolute Gasteiger partial charge is 0.348 e. The summed E-state index contributed by atoms with van der Waals surface area (Å²) in [5.74, 6) is -0.701. The van der Waals surface area contributed by atoms with Crippen molar-refractivity contribution in [2.45, 2.75) is 86.9 Å². The Morgan fingerprint density at radius 2 is 1.00 bits per heavy atom. The molecule has 0 aromatic carbocycles. The maximum atomic E-state index is 12.7. The topological polar surface area (TPSA) is 77.5 Å². The van der Waals surface area contributed by atoms with Gasteiger partial charge in [0.15, 0.2) is 11.6 Å².